The molecule has 0 nitrogen and oxygen atoms in total. The van der Waals surface area contributed by atoms with E-state index in [0.717, 1.165) is 22.4 Å². The summed E-state index contributed by atoms with van der Waals surface area (Å²) in [5, 5.41) is 8.50. The molecule has 64 heavy (non-hydrogen) atoms. The molecule has 1 heterocycles. The van der Waals surface area contributed by atoms with Gasteiger partial charge in [-0.25, -0.2) is 0 Å². The van der Waals surface area contributed by atoms with Crippen LogP contribution in [0.2, 0.25) is 0 Å². The van der Waals surface area contributed by atoms with Gasteiger partial charge in [0.25, 0.3) is 0 Å². The first-order valence-electron chi connectivity index (χ1n) is 23.5. The molecule has 0 bridgehead atoms. The second-order valence-electron chi connectivity index (χ2n) is 17.6. The number of hydrogen-bond donors (Lipinski definition) is 0. The minimum Gasteiger partial charge on any atom is -0.184 e. The van der Waals surface area contributed by atoms with Crippen LogP contribution in [-0.2, 0) is 46.5 Å². The Kier molecular flexibility index (Phi) is 19.1. The number of aryl methyl sites for hydroxylation is 8. The van der Waals surface area contributed by atoms with Crippen LogP contribution in [0.3, 0.4) is 0 Å². The van der Waals surface area contributed by atoms with Crippen LogP contribution in [0, 0.1) is 33.8 Å². The van der Waals surface area contributed by atoms with Crippen molar-refractivity contribution in [3.05, 3.63) is 178 Å². The third-order valence-electron chi connectivity index (χ3n) is 12.1. The fraction of sp³-hybridized carbons (Fsp3) is 0.300. The maximum atomic E-state index is 4.93. The van der Waals surface area contributed by atoms with E-state index in [0.29, 0.717) is 0 Å². The summed E-state index contributed by atoms with van der Waals surface area (Å²) in [4.78, 5) is 0. The molecule has 0 fully saturated rings. The molecule has 9 rings (SSSR count). The molecule has 0 saturated carbocycles. The molecule has 330 valence electrons. The molecule has 2 radical (unpaired) electrons. The van der Waals surface area contributed by atoms with Crippen LogP contribution in [0.25, 0.3) is 54.9 Å². The SMILES string of the molecule is CCCCc1cc2c(-c3cc(C)cc(C)c3)c(CCC)ccc2[cH-]1.CCCCc1cc2c(-c3cc(C)cc(C)c3)c(CCC)ccc2[cH-]1.[Cl][Zr][Cl].[c-]1cccc2c1[Si]c1ccccc1-2. The van der Waals surface area contributed by atoms with E-state index in [2.05, 4.69) is 183 Å². The zero-order valence-electron chi connectivity index (χ0n) is 39.5. The van der Waals surface area contributed by atoms with Gasteiger partial charge in [-0.3, -0.25) is 0 Å². The summed E-state index contributed by atoms with van der Waals surface area (Å²) in [6.07, 6.45) is 12.1. The van der Waals surface area contributed by atoms with Gasteiger partial charge in [0.1, 0.15) is 0 Å². The maximum absolute atomic E-state index is 4.93. The third-order valence-corrected chi connectivity index (χ3v) is 13.5. The van der Waals surface area contributed by atoms with Crippen LogP contribution in [0.15, 0.2) is 127 Å². The van der Waals surface area contributed by atoms with Crippen molar-refractivity contribution in [1.29, 1.82) is 0 Å². The van der Waals surface area contributed by atoms with Gasteiger partial charge in [0, 0.05) is 0 Å². The zero-order valence-corrected chi connectivity index (χ0v) is 44.4. The van der Waals surface area contributed by atoms with Gasteiger partial charge in [-0.15, -0.1) is 74.6 Å². The van der Waals surface area contributed by atoms with Gasteiger partial charge in [0.2, 0.25) is 0 Å². The summed E-state index contributed by atoms with van der Waals surface area (Å²) in [6.45, 7) is 17.9. The quantitative estimate of drug-likeness (QED) is 0.0845. The normalized spacial score (nSPS) is 11.2. The molecule has 8 aromatic carbocycles. The van der Waals surface area contributed by atoms with Crippen molar-refractivity contribution in [3.63, 3.8) is 0 Å². The Morgan fingerprint density at radius 3 is 1.42 bits per heavy atom. The van der Waals surface area contributed by atoms with Crippen LogP contribution in [-0.4, -0.2) is 9.52 Å². The Morgan fingerprint density at radius 2 is 0.969 bits per heavy atom. The van der Waals surface area contributed by atoms with E-state index in [4.69, 9.17) is 17.0 Å². The van der Waals surface area contributed by atoms with Crippen LogP contribution in [0.1, 0.15) is 111 Å². The fourth-order valence-corrected chi connectivity index (χ4v) is 10.7. The Labute approximate surface area is 407 Å². The van der Waals surface area contributed by atoms with E-state index in [9.17, 15) is 0 Å². The monoisotopic (exact) mass is 973 g/mol. The predicted octanol–water partition coefficient (Wildman–Crippen LogP) is 16.8. The van der Waals surface area contributed by atoms with E-state index >= 15 is 0 Å². The van der Waals surface area contributed by atoms with Crippen molar-refractivity contribution in [3.8, 4) is 33.4 Å². The van der Waals surface area contributed by atoms with E-state index in [1.54, 1.807) is 0 Å². The van der Waals surface area contributed by atoms with Gasteiger partial charge in [-0.2, -0.15) is 41.6 Å². The number of benzene rings is 6. The first-order chi connectivity index (χ1) is 31.1. The number of halogens is 2. The van der Waals surface area contributed by atoms with Crippen LogP contribution in [0.5, 0.6) is 0 Å². The molecule has 0 saturated heterocycles. The van der Waals surface area contributed by atoms with Crippen molar-refractivity contribution in [1.82, 2.24) is 0 Å². The van der Waals surface area contributed by atoms with E-state index in [1.165, 1.54) is 161 Å². The standard InChI is InChI=1S/2C24H29.C12H7Si.2ClH.Zr/c2*1-5-7-9-19-15-21-11-10-20(8-6-2)24(23(21)16-19)22-13-17(3)12-18(4)14-22;1-3-7-11-9(5-1)10-6-2-4-8-12(10)13-11;;;/h2*10-16H,5-9H2,1-4H3;1-7H;2*1H;/q3*-1;;;+2/p-2. The molecule has 0 aliphatic carbocycles. The molecule has 0 unspecified atom stereocenters. The smallest absolute Gasteiger partial charge is 0.0920 e. The average Bonchev–Trinajstić information content (AvgIpc) is 4.00. The first kappa shape index (κ1) is 49.6. The summed E-state index contributed by atoms with van der Waals surface area (Å²) in [5.74, 6) is 0. The number of rotatable bonds is 12. The second-order valence-corrected chi connectivity index (χ2v) is 22.6. The topological polar surface area (TPSA) is 0 Å². The van der Waals surface area contributed by atoms with Gasteiger partial charge in [-0.1, -0.05) is 182 Å². The van der Waals surface area contributed by atoms with Crippen LogP contribution >= 0.6 is 17.0 Å². The molecule has 1 aliphatic heterocycles. The van der Waals surface area contributed by atoms with E-state index in [-0.39, 0.29) is 0 Å². The van der Waals surface area contributed by atoms with Crippen molar-refractivity contribution < 1.29 is 20.8 Å². The zero-order chi connectivity index (χ0) is 45.6. The molecule has 1 aliphatic rings. The van der Waals surface area contributed by atoms with Gasteiger partial charge in [0.15, 0.2) is 0 Å². The van der Waals surface area contributed by atoms with Gasteiger partial charge in [0.05, 0.1) is 9.52 Å². The Hall–Kier alpha value is -3.78. The summed E-state index contributed by atoms with van der Waals surface area (Å²) in [6, 6.07) is 51.1. The largest absolute Gasteiger partial charge is 0.184 e. The van der Waals surface area contributed by atoms with Crippen molar-refractivity contribution >= 4 is 58.5 Å². The number of unbranched alkanes of at least 4 members (excludes halogenated alkanes) is 2. The molecule has 0 aromatic heterocycles. The Balaban J connectivity index is 0.000000160. The van der Waals surface area contributed by atoms with Crippen molar-refractivity contribution in [2.24, 2.45) is 0 Å². The summed E-state index contributed by atoms with van der Waals surface area (Å²) >= 11 is -0.826. The first-order valence-corrected chi connectivity index (χ1v) is 30.9. The van der Waals surface area contributed by atoms with E-state index in [1.807, 2.05) is 6.07 Å². The second kappa shape index (κ2) is 24.7. The third kappa shape index (κ3) is 12.8. The van der Waals surface area contributed by atoms with Crippen molar-refractivity contribution in [2.75, 3.05) is 0 Å². The van der Waals surface area contributed by atoms with E-state index < -0.39 is 20.8 Å². The predicted molar refractivity (Wildman–Crippen MR) is 282 cm³/mol. The van der Waals surface area contributed by atoms with Gasteiger partial charge < -0.3 is 0 Å². The summed E-state index contributed by atoms with van der Waals surface area (Å²) in [7, 11) is 10.7. The summed E-state index contributed by atoms with van der Waals surface area (Å²) < 4.78 is 0. The summed E-state index contributed by atoms with van der Waals surface area (Å²) in [5.41, 5.74) is 19.8. The molecular formula is C60H65Cl2SiZr-3. The van der Waals surface area contributed by atoms with Crippen LogP contribution < -0.4 is 10.4 Å². The molecular weight excluding hydrogens is 911 g/mol. The molecule has 0 atom stereocenters. The Bertz CT molecular complexity index is 2520. The molecule has 4 heteroatoms. The molecule has 0 amide bonds. The minimum absolute atomic E-state index is 0.795. The van der Waals surface area contributed by atoms with Crippen molar-refractivity contribution in [2.45, 2.75) is 120 Å². The minimum atomic E-state index is -0.826. The molecule has 0 spiro atoms. The van der Waals surface area contributed by atoms with Gasteiger partial charge in [-0.05, 0) is 64.5 Å². The fourth-order valence-electron chi connectivity index (χ4n) is 9.43. The number of fused-ring (bicyclic) bond motifs is 5. The van der Waals surface area contributed by atoms with Gasteiger partial charge >= 0.3 is 37.9 Å². The number of hydrogen-bond acceptors (Lipinski definition) is 0. The maximum Gasteiger partial charge on any atom is 0.0920 e. The molecule has 0 N–H and O–H groups in total. The Morgan fingerprint density at radius 1 is 0.516 bits per heavy atom. The average molecular weight is 976 g/mol. The van der Waals surface area contributed by atoms with Crippen LogP contribution in [0.4, 0.5) is 0 Å². The molecule has 8 aromatic rings.